The van der Waals surface area contributed by atoms with Crippen LogP contribution in [0.1, 0.15) is 26.3 Å². The van der Waals surface area contributed by atoms with Gasteiger partial charge in [0.15, 0.2) is 0 Å². The number of benzene rings is 1. The van der Waals surface area contributed by atoms with Crippen molar-refractivity contribution in [3.8, 4) is 5.88 Å². The maximum absolute atomic E-state index is 6.16. The minimum atomic E-state index is -0.326. The van der Waals surface area contributed by atoms with Crippen molar-refractivity contribution in [2.75, 3.05) is 5.73 Å². The Morgan fingerprint density at radius 2 is 1.90 bits per heavy atom. The molecule has 0 saturated carbocycles. The lowest BCUT2D eigenvalue weighted by Gasteiger charge is -2.21. The Morgan fingerprint density at radius 3 is 2.57 bits per heavy atom. The third-order valence-electron chi connectivity index (χ3n) is 2.60. The zero-order valence-electron chi connectivity index (χ0n) is 12.4. The van der Waals surface area contributed by atoms with Crippen molar-refractivity contribution in [3.63, 3.8) is 0 Å². The molecular formula is C16H19ClN2OS. The quantitative estimate of drug-likeness (QED) is 0.822. The minimum Gasteiger partial charge on any atom is -0.470 e. The number of pyridine rings is 1. The number of nitrogens with two attached hydrogens (primary N) is 1. The molecule has 0 saturated heterocycles. The molecule has 0 aliphatic carbocycles. The van der Waals surface area contributed by atoms with Crippen LogP contribution in [0.15, 0.2) is 41.4 Å². The second-order valence-corrected chi connectivity index (χ2v) is 7.04. The molecular weight excluding hydrogens is 304 g/mol. The normalized spacial score (nSPS) is 11.4. The molecule has 112 valence electrons. The molecule has 1 aromatic carbocycles. The van der Waals surface area contributed by atoms with Crippen LogP contribution in [0.25, 0.3) is 0 Å². The number of nitrogens with zero attached hydrogens (tertiary/aromatic N) is 1. The van der Waals surface area contributed by atoms with E-state index in [4.69, 9.17) is 22.1 Å². The third-order valence-corrected chi connectivity index (χ3v) is 3.95. The molecule has 0 aliphatic heterocycles. The minimum absolute atomic E-state index is 0.326. The summed E-state index contributed by atoms with van der Waals surface area (Å²) >= 11 is 7.76. The van der Waals surface area contributed by atoms with Crippen molar-refractivity contribution in [2.45, 2.75) is 37.2 Å². The number of anilines is 1. The Labute approximate surface area is 134 Å². The fraction of sp³-hybridized carbons (Fsp3) is 0.312. The first-order valence-corrected chi connectivity index (χ1v) is 8.03. The van der Waals surface area contributed by atoms with Crippen LogP contribution in [-0.2, 0) is 5.75 Å². The highest BCUT2D eigenvalue weighted by atomic mass is 35.5. The summed E-state index contributed by atoms with van der Waals surface area (Å²) in [4.78, 5) is 4.48. The van der Waals surface area contributed by atoms with Gasteiger partial charge in [0.1, 0.15) is 10.6 Å². The van der Waals surface area contributed by atoms with Gasteiger partial charge in [0, 0.05) is 10.8 Å². The topological polar surface area (TPSA) is 48.1 Å². The van der Waals surface area contributed by atoms with Crippen LogP contribution in [0, 0.1) is 0 Å². The zero-order chi connectivity index (χ0) is 15.5. The second kappa shape index (κ2) is 6.58. The number of hydrogen-bond acceptors (Lipinski definition) is 4. The van der Waals surface area contributed by atoms with E-state index in [1.165, 1.54) is 0 Å². The van der Waals surface area contributed by atoms with E-state index in [9.17, 15) is 0 Å². The van der Waals surface area contributed by atoms with Gasteiger partial charge in [-0.25, -0.2) is 4.98 Å². The molecule has 3 nitrogen and oxygen atoms in total. The highest BCUT2D eigenvalue weighted by molar-refractivity contribution is 7.98. The molecule has 2 rings (SSSR count). The van der Waals surface area contributed by atoms with Gasteiger partial charge in [0.25, 0.3) is 0 Å². The molecule has 5 heteroatoms. The summed E-state index contributed by atoms with van der Waals surface area (Å²) in [6, 6.07) is 11.5. The van der Waals surface area contributed by atoms with Crippen molar-refractivity contribution in [1.29, 1.82) is 0 Å². The lowest BCUT2D eigenvalue weighted by Crippen LogP contribution is -2.24. The highest BCUT2D eigenvalue weighted by Gasteiger charge is 2.15. The van der Waals surface area contributed by atoms with E-state index in [-0.39, 0.29) is 5.60 Å². The van der Waals surface area contributed by atoms with Gasteiger partial charge in [-0.2, -0.15) is 0 Å². The summed E-state index contributed by atoms with van der Waals surface area (Å²) in [6.45, 7) is 5.91. The van der Waals surface area contributed by atoms with Crippen LogP contribution in [0.2, 0.25) is 5.02 Å². The SMILES string of the molecule is CC(C)(C)Oc1nc(SCc2ccccc2Cl)ccc1N. The maximum atomic E-state index is 6.16. The predicted molar refractivity (Wildman–Crippen MR) is 90.0 cm³/mol. The molecule has 1 heterocycles. The zero-order valence-corrected chi connectivity index (χ0v) is 14.0. The summed E-state index contributed by atoms with van der Waals surface area (Å²) in [5.74, 6) is 1.23. The van der Waals surface area contributed by atoms with Crippen molar-refractivity contribution >= 4 is 29.1 Å². The molecule has 0 fully saturated rings. The Morgan fingerprint density at radius 1 is 1.19 bits per heavy atom. The number of thioether (sulfide) groups is 1. The van der Waals surface area contributed by atoms with Gasteiger partial charge in [0.2, 0.25) is 5.88 Å². The number of hydrogen-bond donors (Lipinski definition) is 1. The molecule has 2 aromatic rings. The molecule has 0 radical (unpaired) electrons. The standard InChI is InChI=1S/C16H19ClN2OS/c1-16(2,3)20-15-13(18)8-9-14(19-15)21-10-11-6-4-5-7-12(11)17/h4-9H,10,18H2,1-3H3. The summed E-state index contributed by atoms with van der Waals surface area (Å²) in [7, 11) is 0. The predicted octanol–water partition coefficient (Wildman–Crippen LogP) is 4.79. The van der Waals surface area contributed by atoms with E-state index in [1.807, 2.05) is 57.2 Å². The Balaban J connectivity index is 2.11. The number of ether oxygens (including phenoxy) is 1. The number of nitrogen functional groups attached to an aromatic ring is 1. The number of aromatic nitrogens is 1. The van der Waals surface area contributed by atoms with Crippen LogP contribution in [-0.4, -0.2) is 10.6 Å². The van der Waals surface area contributed by atoms with Crippen molar-refractivity contribution < 1.29 is 4.74 Å². The average molecular weight is 323 g/mol. The van der Waals surface area contributed by atoms with Crippen LogP contribution in [0.5, 0.6) is 5.88 Å². The lowest BCUT2D eigenvalue weighted by molar-refractivity contribution is 0.124. The van der Waals surface area contributed by atoms with Crippen LogP contribution in [0.4, 0.5) is 5.69 Å². The lowest BCUT2D eigenvalue weighted by atomic mass is 10.2. The number of rotatable bonds is 4. The van der Waals surface area contributed by atoms with Crippen LogP contribution in [0.3, 0.4) is 0 Å². The fourth-order valence-electron chi connectivity index (χ4n) is 1.65. The van der Waals surface area contributed by atoms with Gasteiger partial charge in [-0.05, 0) is 44.5 Å². The van der Waals surface area contributed by atoms with E-state index in [2.05, 4.69) is 4.98 Å². The maximum Gasteiger partial charge on any atom is 0.238 e. The van der Waals surface area contributed by atoms with Gasteiger partial charge in [-0.3, -0.25) is 0 Å². The Hall–Kier alpha value is -1.39. The van der Waals surface area contributed by atoms with E-state index in [0.717, 1.165) is 21.4 Å². The Kier molecular flexibility index (Phi) is 5.01. The molecule has 0 aliphatic rings. The summed E-state index contributed by atoms with van der Waals surface area (Å²) in [5.41, 5.74) is 7.22. The van der Waals surface area contributed by atoms with E-state index < -0.39 is 0 Å². The summed E-state index contributed by atoms with van der Waals surface area (Å²) < 4.78 is 5.77. The average Bonchev–Trinajstić information content (AvgIpc) is 2.39. The molecule has 0 spiro atoms. The first-order chi connectivity index (χ1) is 9.85. The van der Waals surface area contributed by atoms with Crippen LogP contribution >= 0.6 is 23.4 Å². The van der Waals surface area contributed by atoms with E-state index >= 15 is 0 Å². The molecule has 2 N–H and O–H groups in total. The van der Waals surface area contributed by atoms with Crippen molar-refractivity contribution in [1.82, 2.24) is 4.98 Å². The molecule has 0 amide bonds. The van der Waals surface area contributed by atoms with Crippen molar-refractivity contribution in [2.24, 2.45) is 0 Å². The monoisotopic (exact) mass is 322 g/mol. The van der Waals surface area contributed by atoms with Gasteiger partial charge in [0.05, 0.1) is 5.69 Å². The van der Waals surface area contributed by atoms with Gasteiger partial charge in [-0.1, -0.05) is 29.8 Å². The summed E-state index contributed by atoms with van der Waals surface area (Å²) in [5, 5.41) is 1.63. The molecule has 0 atom stereocenters. The highest BCUT2D eigenvalue weighted by Crippen LogP contribution is 2.30. The smallest absolute Gasteiger partial charge is 0.238 e. The van der Waals surface area contributed by atoms with Gasteiger partial charge < -0.3 is 10.5 Å². The first-order valence-electron chi connectivity index (χ1n) is 6.67. The van der Waals surface area contributed by atoms with Gasteiger partial charge >= 0.3 is 0 Å². The molecule has 21 heavy (non-hydrogen) atoms. The van der Waals surface area contributed by atoms with Crippen LogP contribution < -0.4 is 10.5 Å². The Bertz CT molecular complexity index is 626. The molecule has 0 unspecified atom stereocenters. The largest absolute Gasteiger partial charge is 0.470 e. The molecule has 0 bridgehead atoms. The van der Waals surface area contributed by atoms with E-state index in [1.54, 1.807) is 11.8 Å². The summed E-state index contributed by atoms with van der Waals surface area (Å²) in [6.07, 6.45) is 0. The first kappa shape index (κ1) is 16.0. The van der Waals surface area contributed by atoms with E-state index in [0.29, 0.717) is 11.6 Å². The fourth-order valence-corrected chi connectivity index (χ4v) is 2.80. The molecule has 1 aromatic heterocycles. The third kappa shape index (κ3) is 4.83. The second-order valence-electron chi connectivity index (χ2n) is 5.64. The van der Waals surface area contributed by atoms with Gasteiger partial charge in [-0.15, -0.1) is 11.8 Å². The number of halogens is 1. The van der Waals surface area contributed by atoms with Crippen molar-refractivity contribution in [3.05, 3.63) is 47.0 Å².